The van der Waals surface area contributed by atoms with Gasteiger partial charge in [-0.15, -0.1) is 0 Å². The second-order valence-corrected chi connectivity index (χ2v) is 7.25. The Morgan fingerprint density at radius 1 is 1.00 bits per heavy atom. The lowest BCUT2D eigenvalue weighted by Gasteiger charge is -2.37. The summed E-state index contributed by atoms with van der Waals surface area (Å²) in [6, 6.07) is 14.6. The van der Waals surface area contributed by atoms with Crippen molar-refractivity contribution in [3.8, 4) is 0 Å². The Labute approximate surface area is 164 Å². The minimum absolute atomic E-state index is 0.0373. The number of halogens is 1. The zero-order valence-corrected chi connectivity index (χ0v) is 16.4. The predicted octanol–water partition coefficient (Wildman–Crippen LogP) is 3.43. The third-order valence-corrected chi connectivity index (χ3v) is 5.28. The van der Waals surface area contributed by atoms with E-state index in [2.05, 4.69) is 10.2 Å². The van der Waals surface area contributed by atoms with E-state index in [1.165, 1.54) is 0 Å². The second-order valence-electron chi connectivity index (χ2n) is 6.84. The van der Waals surface area contributed by atoms with E-state index in [0.29, 0.717) is 36.8 Å². The molecule has 2 aromatic rings. The highest BCUT2D eigenvalue weighted by Gasteiger charge is 2.28. The molecule has 0 aromatic heterocycles. The Kier molecular flexibility index (Phi) is 6.14. The van der Waals surface area contributed by atoms with Gasteiger partial charge in [0.2, 0.25) is 5.91 Å². The number of aryl methyl sites for hydroxylation is 1. The molecule has 5 nitrogen and oxygen atoms in total. The normalized spacial score (nSPS) is 16.0. The zero-order chi connectivity index (χ0) is 19.4. The van der Waals surface area contributed by atoms with Crippen LogP contribution in [0.5, 0.6) is 0 Å². The molecule has 1 aliphatic heterocycles. The van der Waals surface area contributed by atoms with Crippen LogP contribution in [-0.2, 0) is 4.79 Å². The number of amides is 2. The summed E-state index contributed by atoms with van der Waals surface area (Å²) in [5.74, 6) is -0.0956. The molecule has 1 N–H and O–H groups in total. The van der Waals surface area contributed by atoms with Crippen molar-refractivity contribution < 1.29 is 9.59 Å². The number of piperazine rings is 1. The van der Waals surface area contributed by atoms with Crippen molar-refractivity contribution >= 4 is 29.1 Å². The Bertz CT molecular complexity index is 814. The van der Waals surface area contributed by atoms with Crippen molar-refractivity contribution in [2.75, 3.05) is 31.5 Å². The van der Waals surface area contributed by atoms with Crippen LogP contribution in [0.1, 0.15) is 22.8 Å². The van der Waals surface area contributed by atoms with Gasteiger partial charge in [-0.05, 0) is 38.1 Å². The van der Waals surface area contributed by atoms with E-state index in [0.717, 1.165) is 11.3 Å². The number of hydrogen-bond donors (Lipinski definition) is 1. The minimum Gasteiger partial charge on any atom is -0.336 e. The molecule has 1 aliphatic rings. The summed E-state index contributed by atoms with van der Waals surface area (Å²) in [5, 5.41) is 3.42. The van der Waals surface area contributed by atoms with Gasteiger partial charge in [0.15, 0.2) is 0 Å². The van der Waals surface area contributed by atoms with E-state index >= 15 is 0 Å². The van der Waals surface area contributed by atoms with Gasteiger partial charge < -0.3 is 10.2 Å². The molecule has 1 heterocycles. The number of benzene rings is 2. The van der Waals surface area contributed by atoms with Crippen molar-refractivity contribution in [1.82, 2.24) is 9.80 Å². The van der Waals surface area contributed by atoms with Gasteiger partial charge in [-0.25, -0.2) is 0 Å². The van der Waals surface area contributed by atoms with Crippen molar-refractivity contribution in [1.29, 1.82) is 0 Å². The maximum Gasteiger partial charge on any atom is 0.255 e. The van der Waals surface area contributed by atoms with Crippen molar-refractivity contribution in [2.45, 2.75) is 19.9 Å². The molecule has 1 atom stereocenters. The molecule has 2 aromatic carbocycles. The Balaban J connectivity index is 1.55. The minimum atomic E-state index is -0.260. The van der Waals surface area contributed by atoms with Gasteiger partial charge in [-0.2, -0.15) is 0 Å². The zero-order valence-electron chi connectivity index (χ0n) is 15.6. The number of hydrogen-bond acceptors (Lipinski definition) is 3. The number of rotatable bonds is 4. The summed E-state index contributed by atoms with van der Waals surface area (Å²) in [6.45, 7) is 6.36. The van der Waals surface area contributed by atoms with Crippen LogP contribution >= 0.6 is 11.6 Å². The van der Waals surface area contributed by atoms with Crippen molar-refractivity contribution in [3.05, 3.63) is 64.7 Å². The molecule has 0 saturated carbocycles. The summed E-state index contributed by atoms with van der Waals surface area (Å²) in [6.07, 6.45) is 0. The third-order valence-electron chi connectivity index (χ3n) is 4.95. The van der Waals surface area contributed by atoms with Gasteiger partial charge in [0.05, 0.1) is 16.6 Å². The average Bonchev–Trinajstić information content (AvgIpc) is 2.69. The Morgan fingerprint density at radius 3 is 2.26 bits per heavy atom. The lowest BCUT2D eigenvalue weighted by molar-refractivity contribution is -0.121. The van der Waals surface area contributed by atoms with E-state index in [9.17, 15) is 9.59 Å². The van der Waals surface area contributed by atoms with Gasteiger partial charge in [0.25, 0.3) is 5.91 Å². The molecule has 142 valence electrons. The molecule has 1 saturated heterocycles. The largest absolute Gasteiger partial charge is 0.336 e. The van der Waals surface area contributed by atoms with Gasteiger partial charge in [-0.1, -0.05) is 41.4 Å². The van der Waals surface area contributed by atoms with Gasteiger partial charge in [0.1, 0.15) is 0 Å². The molecular formula is C21H24ClN3O2. The smallest absolute Gasteiger partial charge is 0.255 e. The second kappa shape index (κ2) is 8.55. The fourth-order valence-corrected chi connectivity index (χ4v) is 3.38. The molecule has 2 amide bonds. The van der Waals surface area contributed by atoms with E-state index in [1.807, 2.05) is 50.2 Å². The number of anilines is 1. The van der Waals surface area contributed by atoms with Crippen LogP contribution in [-0.4, -0.2) is 53.8 Å². The summed E-state index contributed by atoms with van der Waals surface area (Å²) < 4.78 is 0. The molecule has 27 heavy (non-hydrogen) atoms. The lowest BCUT2D eigenvalue weighted by atomic mass is 10.1. The van der Waals surface area contributed by atoms with Gasteiger partial charge in [0, 0.05) is 31.9 Å². The van der Waals surface area contributed by atoms with Crippen LogP contribution in [0.25, 0.3) is 0 Å². The molecule has 0 spiro atoms. The SMILES string of the molecule is Cc1ccc(NC(=O)C(C)N2CCN(C(=O)c3ccccc3Cl)CC2)cc1. The maximum atomic E-state index is 12.6. The molecular weight excluding hydrogens is 362 g/mol. The first-order chi connectivity index (χ1) is 13.0. The number of carbonyl (C=O) groups is 2. The monoisotopic (exact) mass is 385 g/mol. The molecule has 0 bridgehead atoms. The summed E-state index contributed by atoms with van der Waals surface area (Å²) in [4.78, 5) is 29.1. The molecule has 6 heteroatoms. The summed E-state index contributed by atoms with van der Waals surface area (Å²) in [5.41, 5.74) is 2.48. The topological polar surface area (TPSA) is 52.7 Å². The molecule has 0 radical (unpaired) electrons. The summed E-state index contributed by atoms with van der Waals surface area (Å²) in [7, 11) is 0. The Morgan fingerprint density at radius 2 is 1.63 bits per heavy atom. The fraction of sp³-hybridized carbons (Fsp3) is 0.333. The lowest BCUT2D eigenvalue weighted by Crippen LogP contribution is -2.54. The number of nitrogens with one attached hydrogen (secondary N) is 1. The number of nitrogens with zero attached hydrogens (tertiary/aromatic N) is 2. The highest BCUT2D eigenvalue weighted by Crippen LogP contribution is 2.19. The fourth-order valence-electron chi connectivity index (χ4n) is 3.17. The molecule has 1 unspecified atom stereocenters. The van der Waals surface area contributed by atoms with Crippen molar-refractivity contribution in [2.24, 2.45) is 0 Å². The molecule has 1 fully saturated rings. The van der Waals surface area contributed by atoms with Crippen molar-refractivity contribution in [3.63, 3.8) is 0 Å². The quantitative estimate of drug-likeness (QED) is 0.877. The van der Waals surface area contributed by atoms with Gasteiger partial charge >= 0.3 is 0 Å². The van der Waals surface area contributed by atoms with Crippen LogP contribution < -0.4 is 5.32 Å². The number of carbonyl (C=O) groups excluding carboxylic acids is 2. The van der Waals surface area contributed by atoms with Crippen LogP contribution in [0.2, 0.25) is 5.02 Å². The van der Waals surface area contributed by atoms with Gasteiger partial charge in [-0.3, -0.25) is 14.5 Å². The first kappa shape index (κ1) is 19.4. The van der Waals surface area contributed by atoms with Crippen LogP contribution in [0.3, 0.4) is 0 Å². The van der Waals surface area contributed by atoms with Crippen LogP contribution in [0, 0.1) is 6.92 Å². The molecule has 0 aliphatic carbocycles. The molecule has 3 rings (SSSR count). The van der Waals surface area contributed by atoms with E-state index in [-0.39, 0.29) is 17.9 Å². The van der Waals surface area contributed by atoms with E-state index in [4.69, 9.17) is 11.6 Å². The van der Waals surface area contributed by atoms with Crippen LogP contribution in [0.15, 0.2) is 48.5 Å². The van der Waals surface area contributed by atoms with E-state index in [1.54, 1.807) is 17.0 Å². The first-order valence-electron chi connectivity index (χ1n) is 9.11. The summed E-state index contributed by atoms with van der Waals surface area (Å²) >= 11 is 6.13. The predicted molar refractivity (Wildman–Crippen MR) is 108 cm³/mol. The van der Waals surface area contributed by atoms with E-state index < -0.39 is 0 Å². The highest BCUT2D eigenvalue weighted by molar-refractivity contribution is 6.33. The average molecular weight is 386 g/mol. The standard InChI is InChI=1S/C21H24ClN3O2/c1-15-7-9-17(10-8-15)23-20(26)16(2)24-11-13-25(14-12-24)21(27)18-5-3-4-6-19(18)22/h3-10,16H,11-14H2,1-2H3,(H,23,26). The third kappa shape index (κ3) is 4.67. The first-order valence-corrected chi connectivity index (χ1v) is 9.49. The maximum absolute atomic E-state index is 12.6. The highest BCUT2D eigenvalue weighted by atomic mass is 35.5. The Hall–Kier alpha value is -2.37. The van der Waals surface area contributed by atoms with Crippen LogP contribution in [0.4, 0.5) is 5.69 Å².